The monoisotopic (exact) mass is 274 g/mol. The lowest BCUT2D eigenvalue weighted by Gasteiger charge is -2.18. The number of nitrogens with zero attached hydrogens (tertiary/aromatic N) is 4. The first-order valence-electron chi connectivity index (χ1n) is 6.48. The minimum Gasteiger partial charge on any atom is -0.481 e. The summed E-state index contributed by atoms with van der Waals surface area (Å²) in [6.45, 7) is 6.46. The molecule has 0 radical (unpaired) electrons. The third kappa shape index (κ3) is 3.40. The molecule has 0 saturated carbocycles. The summed E-state index contributed by atoms with van der Waals surface area (Å²) in [5.41, 5.74) is 2.14. The molecule has 0 atom stereocenters. The molecule has 0 amide bonds. The van der Waals surface area contributed by atoms with Gasteiger partial charge in [0.1, 0.15) is 0 Å². The maximum Gasteiger partial charge on any atom is 0.303 e. The molecule has 0 fully saturated rings. The van der Waals surface area contributed by atoms with Crippen molar-refractivity contribution in [2.75, 3.05) is 0 Å². The van der Waals surface area contributed by atoms with Crippen molar-refractivity contribution >= 4 is 5.97 Å². The molecule has 0 saturated heterocycles. The van der Waals surface area contributed by atoms with Crippen LogP contribution in [0.4, 0.5) is 0 Å². The number of rotatable bonds is 4. The maximum absolute atomic E-state index is 10.5. The minimum atomic E-state index is -0.865. The van der Waals surface area contributed by atoms with Crippen molar-refractivity contribution in [1.82, 2.24) is 20.2 Å². The molecule has 0 spiro atoms. The van der Waals surface area contributed by atoms with E-state index in [1.54, 1.807) is 0 Å². The van der Waals surface area contributed by atoms with E-state index in [0.29, 0.717) is 5.82 Å². The number of carboxylic acids is 1. The van der Waals surface area contributed by atoms with Crippen LogP contribution in [0.1, 0.15) is 38.6 Å². The highest BCUT2D eigenvalue weighted by Gasteiger charge is 2.13. The number of aryl methyl sites for hydroxylation is 1. The van der Waals surface area contributed by atoms with Gasteiger partial charge in [-0.3, -0.25) is 4.79 Å². The van der Waals surface area contributed by atoms with E-state index in [0.717, 1.165) is 5.69 Å². The topological polar surface area (TPSA) is 80.9 Å². The molecule has 2 rings (SSSR count). The molecule has 20 heavy (non-hydrogen) atoms. The van der Waals surface area contributed by atoms with Gasteiger partial charge >= 0.3 is 5.97 Å². The van der Waals surface area contributed by atoms with Crippen LogP contribution in [-0.4, -0.2) is 31.3 Å². The summed E-state index contributed by atoms with van der Waals surface area (Å²) in [6.07, 6.45) is 0.296. The number of tetrazole rings is 1. The Morgan fingerprint density at radius 2 is 1.90 bits per heavy atom. The lowest BCUT2D eigenvalue weighted by Crippen LogP contribution is -2.11. The Bertz CT molecular complexity index is 596. The number of carbonyl (C=O) groups is 1. The second-order valence-electron chi connectivity index (χ2n) is 5.69. The van der Waals surface area contributed by atoms with Gasteiger partial charge in [-0.2, -0.15) is 0 Å². The third-order valence-corrected chi connectivity index (χ3v) is 2.98. The second kappa shape index (κ2) is 5.40. The zero-order valence-electron chi connectivity index (χ0n) is 11.9. The molecule has 2 aromatic rings. The molecule has 6 nitrogen and oxygen atoms in total. The van der Waals surface area contributed by atoms with E-state index in [9.17, 15) is 4.79 Å². The first-order valence-corrected chi connectivity index (χ1v) is 6.48. The predicted molar refractivity (Wildman–Crippen MR) is 73.8 cm³/mol. The number of hydrogen-bond donors (Lipinski definition) is 1. The number of aromatic nitrogens is 4. The van der Waals surface area contributed by atoms with Gasteiger partial charge in [0.15, 0.2) is 5.82 Å². The van der Waals surface area contributed by atoms with Gasteiger partial charge in [0.25, 0.3) is 0 Å². The Kier molecular flexibility index (Phi) is 3.83. The van der Waals surface area contributed by atoms with Gasteiger partial charge in [0.2, 0.25) is 0 Å². The molecule has 1 N–H and O–H groups in total. The number of benzene rings is 1. The van der Waals surface area contributed by atoms with Gasteiger partial charge in [-0.15, -0.1) is 15.0 Å². The van der Waals surface area contributed by atoms with Crippen molar-refractivity contribution in [3.63, 3.8) is 0 Å². The summed E-state index contributed by atoms with van der Waals surface area (Å²) in [4.78, 5) is 11.9. The van der Waals surface area contributed by atoms with Crippen molar-refractivity contribution in [3.05, 3.63) is 35.7 Å². The molecular formula is C14H18N4O2. The zero-order chi connectivity index (χ0) is 14.8. The van der Waals surface area contributed by atoms with E-state index < -0.39 is 5.97 Å². The smallest absolute Gasteiger partial charge is 0.303 e. The fourth-order valence-corrected chi connectivity index (χ4v) is 1.77. The van der Waals surface area contributed by atoms with E-state index in [1.165, 1.54) is 10.4 Å². The van der Waals surface area contributed by atoms with Crippen LogP contribution in [0.3, 0.4) is 0 Å². The van der Waals surface area contributed by atoms with Gasteiger partial charge in [-0.1, -0.05) is 32.9 Å². The highest BCUT2D eigenvalue weighted by molar-refractivity contribution is 5.66. The fraction of sp³-hybridized carbons (Fsp3) is 0.429. The Balaban J connectivity index is 2.14. The standard InChI is InChI=1S/C14H18N4O2/c1-14(2,3)10-4-6-11(7-5-10)18-16-12(15-17-18)8-9-13(19)20/h4-7H,8-9H2,1-3H3,(H,19,20). The van der Waals surface area contributed by atoms with Crippen molar-refractivity contribution in [1.29, 1.82) is 0 Å². The van der Waals surface area contributed by atoms with Crippen molar-refractivity contribution in [2.45, 2.75) is 39.0 Å². The van der Waals surface area contributed by atoms with E-state index >= 15 is 0 Å². The van der Waals surface area contributed by atoms with Gasteiger partial charge < -0.3 is 5.11 Å². The van der Waals surface area contributed by atoms with Crippen LogP contribution in [0.15, 0.2) is 24.3 Å². The fourth-order valence-electron chi connectivity index (χ4n) is 1.77. The Morgan fingerprint density at radius 3 is 2.45 bits per heavy atom. The summed E-state index contributed by atoms with van der Waals surface area (Å²) in [5.74, 6) is -0.428. The highest BCUT2D eigenvalue weighted by atomic mass is 16.4. The van der Waals surface area contributed by atoms with E-state index in [-0.39, 0.29) is 18.3 Å². The normalized spacial score (nSPS) is 11.6. The zero-order valence-corrected chi connectivity index (χ0v) is 11.9. The van der Waals surface area contributed by atoms with Crippen LogP contribution in [0.2, 0.25) is 0 Å². The molecule has 1 aromatic carbocycles. The molecule has 1 heterocycles. The molecule has 0 unspecified atom stereocenters. The SMILES string of the molecule is CC(C)(C)c1ccc(-n2nnc(CCC(=O)O)n2)cc1. The van der Waals surface area contributed by atoms with Gasteiger partial charge in [-0.05, 0) is 28.3 Å². The van der Waals surface area contributed by atoms with E-state index in [1.807, 2.05) is 24.3 Å². The van der Waals surface area contributed by atoms with E-state index in [4.69, 9.17) is 5.11 Å². The number of hydrogen-bond acceptors (Lipinski definition) is 4. The molecule has 1 aromatic heterocycles. The first-order chi connectivity index (χ1) is 9.36. The van der Waals surface area contributed by atoms with Crippen molar-refractivity contribution in [2.24, 2.45) is 0 Å². The number of aliphatic carboxylic acids is 1. The molecule has 0 aliphatic carbocycles. The summed E-state index contributed by atoms with van der Waals surface area (Å²) >= 11 is 0. The average Bonchev–Trinajstić information content (AvgIpc) is 2.84. The second-order valence-corrected chi connectivity index (χ2v) is 5.69. The largest absolute Gasteiger partial charge is 0.481 e. The molecule has 0 aliphatic rings. The first kappa shape index (κ1) is 14.2. The van der Waals surface area contributed by atoms with Crippen LogP contribution in [0, 0.1) is 0 Å². The Morgan fingerprint density at radius 1 is 1.25 bits per heavy atom. The summed E-state index contributed by atoms with van der Waals surface area (Å²) in [6, 6.07) is 7.94. The maximum atomic E-state index is 10.5. The average molecular weight is 274 g/mol. The molecule has 6 heteroatoms. The van der Waals surface area contributed by atoms with Crippen LogP contribution in [0.25, 0.3) is 5.69 Å². The predicted octanol–water partition coefficient (Wildman–Crippen LogP) is 1.98. The molecule has 0 aliphatic heterocycles. The Labute approximate surface area is 117 Å². The van der Waals surface area contributed by atoms with Crippen molar-refractivity contribution < 1.29 is 9.90 Å². The molecule has 106 valence electrons. The van der Waals surface area contributed by atoms with Gasteiger partial charge in [0.05, 0.1) is 12.1 Å². The van der Waals surface area contributed by atoms with Crippen LogP contribution in [-0.2, 0) is 16.6 Å². The lowest BCUT2D eigenvalue weighted by atomic mass is 9.87. The molecule has 0 bridgehead atoms. The summed E-state index contributed by atoms with van der Waals surface area (Å²) in [7, 11) is 0. The van der Waals surface area contributed by atoms with Gasteiger partial charge in [-0.25, -0.2) is 0 Å². The van der Waals surface area contributed by atoms with Crippen LogP contribution < -0.4 is 0 Å². The Hall–Kier alpha value is -2.24. The lowest BCUT2D eigenvalue weighted by molar-refractivity contribution is -0.137. The third-order valence-electron chi connectivity index (χ3n) is 2.98. The van der Waals surface area contributed by atoms with Crippen molar-refractivity contribution in [3.8, 4) is 5.69 Å². The van der Waals surface area contributed by atoms with Crippen LogP contribution >= 0.6 is 0 Å². The van der Waals surface area contributed by atoms with E-state index in [2.05, 4.69) is 36.2 Å². The number of carboxylic acid groups (broad SMARTS) is 1. The molecular weight excluding hydrogens is 256 g/mol. The minimum absolute atomic E-state index is 0.00859. The highest BCUT2D eigenvalue weighted by Crippen LogP contribution is 2.22. The quantitative estimate of drug-likeness (QED) is 0.922. The summed E-state index contributed by atoms with van der Waals surface area (Å²) in [5, 5.41) is 20.6. The van der Waals surface area contributed by atoms with Gasteiger partial charge in [0, 0.05) is 6.42 Å². The summed E-state index contributed by atoms with van der Waals surface area (Å²) < 4.78 is 0. The van der Waals surface area contributed by atoms with Crippen LogP contribution in [0.5, 0.6) is 0 Å².